The number of rotatable bonds is 8. The molecule has 36 heavy (non-hydrogen) atoms. The van der Waals surface area contributed by atoms with Gasteiger partial charge in [-0.05, 0) is 53.8 Å². The number of para-hydroxylation sites is 1. The minimum absolute atomic E-state index is 0.0242. The molecule has 194 valence electrons. The van der Waals surface area contributed by atoms with Gasteiger partial charge in [0.05, 0.1) is 31.1 Å². The lowest BCUT2D eigenvalue weighted by Gasteiger charge is -2.45. The molecule has 2 saturated heterocycles. The molecular formula is C25H30BrN3O6S. The van der Waals surface area contributed by atoms with Gasteiger partial charge in [-0.2, -0.15) is 0 Å². The minimum atomic E-state index is -1.12. The number of nitrogens with zero attached hydrogens (tertiary/aromatic N) is 2. The van der Waals surface area contributed by atoms with Gasteiger partial charge in [-0.1, -0.05) is 30.0 Å². The molecule has 4 aliphatic rings. The second-order valence-corrected chi connectivity index (χ2v) is 11.9. The SMILES string of the molecule is CNC(=O)C1(N2C(=O)C3C=C(Br)SC3N(C[C@H](OC3CCOCC3)c3ccccc3OC)C2=O)CC1. The molecule has 3 aliphatic heterocycles. The van der Waals surface area contributed by atoms with Crippen molar-refractivity contribution in [3.63, 3.8) is 0 Å². The van der Waals surface area contributed by atoms with Gasteiger partial charge in [0.25, 0.3) is 0 Å². The summed E-state index contributed by atoms with van der Waals surface area (Å²) >= 11 is 4.95. The predicted molar refractivity (Wildman–Crippen MR) is 138 cm³/mol. The molecule has 1 N–H and O–H groups in total. The minimum Gasteiger partial charge on any atom is -0.496 e. The maximum atomic E-state index is 14.0. The molecule has 9 nitrogen and oxygen atoms in total. The van der Waals surface area contributed by atoms with Gasteiger partial charge in [0.2, 0.25) is 11.8 Å². The second-order valence-electron chi connectivity index (χ2n) is 9.40. The van der Waals surface area contributed by atoms with Gasteiger partial charge in [-0.3, -0.25) is 9.59 Å². The summed E-state index contributed by atoms with van der Waals surface area (Å²) in [5, 5.41) is 2.21. The zero-order valence-corrected chi connectivity index (χ0v) is 22.7. The van der Waals surface area contributed by atoms with Crippen molar-refractivity contribution >= 4 is 45.5 Å². The van der Waals surface area contributed by atoms with Crippen molar-refractivity contribution in [3.05, 3.63) is 39.7 Å². The summed E-state index contributed by atoms with van der Waals surface area (Å²) in [6.07, 6.45) is 3.77. The molecule has 5 rings (SSSR count). The number of methoxy groups -OCH3 is 1. The third kappa shape index (κ3) is 4.55. The average molecular weight is 581 g/mol. The van der Waals surface area contributed by atoms with Crippen LogP contribution in [0.15, 0.2) is 34.2 Å². The van der Waals surface area contributed by atoms with Crippen molar-refractivity contribution in [1.29, 1.82) is 0 Å². The smallest absolute Gasteiger partial charge is 0.328 e. The van der Waals surface area contributed by atoms with Crippen molar-refractivity contribution in [2.75, 3.05) is 33.9 Å². The highest BCUT2D eigenvalue weighted by atomic mass is 79.9. The molecule has 4 amide bonds. The lowest BCUT2D eigenvalue weighted by molar-refractivity contribution is -0.145. The van der Waals surface area contributed by atoms with Crippen LogP contribution < -0.4 is 10.1 Å². The largest absolute Gasteiger partial charge is 0.496 e. The van der Waals surface area contributed by atoms with E-state index in [-0.39, 0.29) is 24.5 Å². The molecule has 0 bridgehead atoms. The number of benzene rings is 1. The van der Waals surface area contributed by atoms with E-state index in [1.165, 1.54) is 23.7 Å². The molecule has 1 saturated carbocycles. The van der Waals surface area contributed by atoms with Crippen molar-refractivity contribution in [2.45, 2.75) is 48.8 Å². The first kappa shape index (κ1) is 25.6. The molecule has 0 radical (unpaired) electrons. The molecule has 0 aromatic heterocycles. The van der Waals surface area contributed by atoms with Crippen molar-refractivity contribution in [3.8, 4) is 5.75 Å². The molecule has 11 heteroatoms. The molecule has 3 heterocycles. The second kappa shape index (κ2) is 10.4. The van der Waals surface area contributed by atoms with Crippen molar-refractivity contribution < 1.29 is 28.6 Å². The summed E-state index contributed by atoms with van der Waals surface area (Å²) in [6.45, 7) is 1.47. The Balaban J connectivity index is 1.50. The van der Waals surface area contributed by atoms with Crippen LogP contribution in [0.4, 0.5) is 4.79 Å². The number of carbonyl (C=O) groups excluding carboxylic acids is 3. The number of likely N-dealkylation sites (N-methyl/N-ethyl adjacent to an activating group) is 1. The molecular weight excluding hydrogens is 550 g/mol. The average Bonchev–Trinajstić information content (AvgIpc) is 3.60. The Labute approximate surface area is 223 Å². The monoisotopic (exact) mass is 579 g/mol. The molecule has 3 fully saturated rings. The van der Waals surface area contributed by atoms with E-state index >= 15 is 0 Å². The fraction of sp³-hybridized carbons (Fsp3) is 0.560. The zero-order chi connectivity index (χ0) is 25.4. The van der Waals surface area contributed by atoms with Crippen LogP contribution in [0.2, 0.25) is 0 Å². The van der Waals surface area contributed by atoms with Gasteiger partial charge in [0, 0.05) is 29.6 Å². The summed E-state index contributed by atoms with van der Waals surface area (Å²) < 4.78 is 18.5. The number of thioether (sulfide) groups is 1. The maximum Gasteiger partial charge on any atom is 0.328 e. The molecule has 3 atom stereocenters. The summed E-state index contributed by atoms with van der Waals surface area (Å²) in [5.41, 5.74) is -0.289. The number of fused-ring (bicyclic) bond motifs is 1. The lowest BCUT2D eigenvalue weighted by atomic mass is 10.00. The van der Waals surface area contributed by atoms with E-state index in [4.69, 9.17) is 14.2 Å². The zero-order valence-electron chi connectivity index (χ0n) is 20.3. The Kier molecular flexibility index (Phi) is 7.35. The van der Waals surface area contributed by atoms with E-state index < -0.39 is 29.0 Å². The van der Waals surface area contributed by atoms with Crippen LogP contribution in [0.25, 0.3) is 0 Å². The fourth-order valence-corrected chi connectivity index (χ4v) is 7.19. The third-order valence-electron chi connectivity index (χ3n) is 7.28. The van der Waals surface area contributed by atoms with E-state index in [0.29, 0.717) is 31.8 Å². The van der Waals surface area contributed by atoms with E-state index in [2.05, 4.69) is 21.2 Å². The number of nitrogens with one attached hydrogen (secondary N) is 1. The Morgan fingerprint density at radius 2 is 2.00 bits per heavy atom. The predicted octanol–water partition coefficient (Wildman–Crippen LogP) is 3.40. The van der Waals surface area contributed by atoms with Crippen LogP contribution in [0, 0.1) is 5.92 Å². The number of amides is 4. The molecule has 1 aromatic rings. The van der Waals surface area contributed by atoms with E-state index in [1.807, 2.05) is 30.3 Å². The summed E-state index contributed by atoms with van der Waals surface area (Å²) in [4.78, 5) is 43.2. The summed E-state index contributed by atoms with van der Waals surface area (Å²) in [5.74, 6) is -0.518. The van der Waals surface area contributed by atoms with Crippen LogP contribution >= 0.6 is 27.7 Å². The quantitative estimate of drug-likeness (QED) is 0.504. The fourth-order valence-electron chi connectivity index (χ4n) is 5.23. The van der Waals surface area contributed by atoms with Crippen molar-refractivity contribution in [1.82, 2.24) is 15.1 Å². The van der Waals surface area contributed by atoms with Crippen LogP contribution in [0.1, 0.15) is 37.4 Å². The third-order valence-corrected chi connectivity index (χ3v) is 9.25. The first-order chi connectivity index (χ1) is 17.4. The molecule has 1 aliphatic carbocycles. The van der Waals surface area contributed by atoms with Gasteiger partial charge < -0.3 is 24.4 Å². The highest BCUT2D eigenvalue weighted by Crippen LogP contribution is 2.51. The number of urea groups is 1. The molecule has 1 aromatic carbocycles. The number of imide groups is 1. The van der Waals surface area contributed by atoms with Crippen LogP contribution in [-0.4, -0.2) is 78.6 Å². The van der Waals surface area contributed by atoms with Crippen LogP contribution in [-0.2, 0) is 19.1 Å². The number of hydrogen-bond acceptors (Lipinski definition) is 7. The first-order valence-corrected chi connectivity index (χ1v) is 13.8. The van der Waals surface area contributed by atoms with Gasteiger partial charge in [0.15, 0.2) is 0 Å². The Morgan fingerprint density at radius 1 is 1.28 bits per heavy atom. The highest BCUT2D eigenvalue weighted by Gasteiger charge is 2.63. The molecule has 2 unspecified atom stereocenters. The highest BCUT2D eigenvalue weighted by molar-refractivity contribution is 9.14. The Hall–Kier alpha value is -2.08. The van der Waals surface area contributed by atoms with Crippen molar-refractivity contribution in [2.24, 2.45) is 5.92 Å². The topological polar surface area (TPSA) is 97.4 Å². The van der Waals surface area contributed by atoms with Crippen LogP contribution in [0.5, 0.6) is 5.75 Å². The number of halogens is 1. The van der Waals surface area contributed by atoms with Gasteiger partial charge in [-0.25, -0.2) is 9.69 Å². The molecule has 0 spiro atoms. The lowest BCUT2D eigenvalue weighted by Crippen LogP contribution is -2.66. The van der Waals surface area contributed by atoms with E-state index in [0.717, 1.165) is 22.2 Å². The van der Waals surface area contributed by atoms with E-state index in [9.17, 15) is 14.4 Å². The Bertz CT molecular complexity index is 1070. The van der Waals surface area contributed by atoms with Gasteiger partial charge in [0.1, 0.15) is 17.4 Å². The van der Waals surface area contributed by atoms with Crippen LogP contribution in [0.3, 0.4) is 0 Å². The normalized spacial score (nSPS) is 26.4. The van der Waals surface area contributed by atoms with E-state index in [1.54, 1.807) is 12.0 Å². The first-order valence-electron chi connectivity index (χ1n) is 12.2. The number of ether oxygens (including phenoxy) is 3. The van der Waals surface area contributed by atoms with Gasteiger partial charge in [-0.15, -0.1) is 0 Å². The number of hydrogen-bond donors (Lipinski definition) is 1. The summed E-state index contributed by atoms with van der Waals surface area (Å²) in [7, 11) is 3.14. The standard InChI is InChI=1S/C25H30BrN3O6S/c1-27-23(31)25(9-10-25)29-21(30)17-13-20(26)36-22(17)28(24(29)32)14-19(35-15-7-11-34-12-8-15)16-5-3-4-6-18(16)33-2/h3-6,13,15,17,19,22H,7-12,14H2,1-2H3,(H,27,31)/t17?,19-,22?/m0/s1. The Morgan fingerprint density at radius 3 is 2.67 bits per heavy atom. The number of carbonyl (C=O) groups is 3. The maximum absolute atomic E-state index is 14.0. The summed E-state index contributed by atoms with van der Waals surface area (Å²) in [6, 6.07) is 7.17. The van der Waals surface area contributed by atoms with Gasteiger partial charge >= 0.3 is 6.03 Å².